The smallest absolute Gasteiger partial charge is 0.338 e. The van der Waals surface area contributed by atoms with Crippen molar-refractivity contribution < 1.29 is 23.9 Å². The molecule has 1 aliphatic heterocycles. The molecule has 0 saturated heterocycles. The molecule has 1 fully saturated rings. The van der Waals surface area contributed by atoms with Gasteiger partial charge in [-0.25, -0.2) is 9.78 Å². The molecule has 2 atom stereocenters. The van der Waals surface area contributed by atoms with E-state index in [0.29, 0.717) is 23.1 Å². The number of hydrogen-bond acceptors (Lipinski definition) is 6. The molecule has 4 rings (SSSR count). The van der Waals surface area contributed by atoms with Crippen molar-refractivity contribution >= 4 is 29.5 Å². The van der Waals surface area contributed by atoms with E-state index in [1.165, 1.54) is 23.2 Å². The van der Waals surface area contributed by atoms with Gasteiger partial charge in [-0.2, -0.15) is 0 Å². The fourth-order valence-corrected chi connectivity index (χ4v) is 4.47. The van der Waals surface area contributed by atoms with Crippen molar-refractivity contribution in [3.8, 4) is 0 Å². The Hall–Kier alpha value is -3.55. The molecule has 8 heteroatoms. The minimum absolute atomic E-state index is 0.140. The molecule has 2 heterocycles. The first kappa shape index (κ1) is 21.7. The second-order valence-corrected chi connectivity index (χ2v) is 8.06. The molecular formula is C24H25N3O5. The van der Waals surface area contributed by atoms with E-state index in [9.17, 15) is 19.2 Å². The summed E-state index contributed by atoms with van der Waals surface area (Å²) >= 11 is 0. The van der Waals surface area contributed by atoms with Crippen molar-refractivity contribution in [1.82, 2.24) is 9.88 Å². The van der Waals surface area contributed by atoms with E-state index in [1.54, 1.807) is 31.2 Å². The molecule has 1 aliphatic carbocycles. The predicted octanol–water partition coefficient (Wildman–Crippen LogP) is 3.30. The highest BCUT2D eigenvalue weighted by molar-refractivity contribution is 6.21. The number of rotatable bonds is 6. The molecule has 166 valence electrons. The van der Waals surface area contributed by atoms with Crippen LogP contribution in [0.2, 0.25) is 0 Å². The third-order valence-electron chi connectivity index (χ3n) is 6.06. The second kappa shape index (κ2) is 9.30. The van der Waals surface area contributed by atoms with Gasteiger partial charge in [-0.3, -0.25) is 19.3 Å². The third-order valence-corrected chi connectivity index (χ3v) is 6.06. The number of ether oxygens (including phenoxy) is 1. The van der Waals surface area contributed by atoms with Crippen molar-refractivity contribution in [3.05, 3.63) is 59.3 Å². The molecule has 2 aromatic rings. The molecule has 0 radical (unpaired) electrons. The highest BCUT2D eigenvalue weighted by Crippen LogP contribution is 2.34. The number of carbonyl (C=O) groups is 4. The second-order valence-electron chi connectivity index (χ2n) is 8.06. The summed E-state index contributed by atoms with van der Waals surface area (Å²) in [7, 11) is 0. The van der Waals surface area contributed by atoms with Crippen molar-refractivity contribution in [2.24, 2.45) is 11.8 Å². The van der Waals surface area contributed by atoms with E-state index in [2.05, 4.69) is 10.3 Å². The van der Waals surface area contributed by atoms with Crippen LogP contribution in [0.15, 0.2) is 42.6 Å². The maximum atomic E-state index is 13.1. The van der Waals surface area contributed by atoms with E-state index >= 15 is 0 Å². The molecule has 0 bridgehead atoms. The summed E-state index contributed by atoms with van der Waals surface area (Å²) in [6.45, 7) is 2.19. The van der Waals surface area contributed by atoms with Gasteiger partial charge in [0, 0.05) is 18.7 Å². The normalized spacial score (nSPS) is 20.1. The highest BCUT2D eigenvalue weighted by atomic mass is 16.5. The number of fused-ring (bicyclic) bond motifs is 1. The van der Waals surface area contributed by atoms with Crippen LogP contribution in [-0.4, -0.2) is 46.7 Å². The van der Waals surface area contributed by atoms with Crippen LogP contribution in [0.25, 0.3) is 0 Å². The van der Waals surface area contributed by atoms with Gasteiger partial charge < -0.3 is 10.1 Å². The van der Waals surface area contributed by atoms with E-state index in [-0.39, 0.29) is 48.5 Å². The Kier molecular flexibility index (Phi) is 6.30. The van der Waals surface area contributed by atoms with Crippen LogP contribution in [-0.2, 0) is 9.53 Å². The summed E-state index contributed by atoms with van der Waals surface area (Å²) in [6.07, 6.45) is 4.69. The van der Waals surface area contributed by atoms with Crippen molar-refractivity contribution in [1.29, 1.82) is 0 Å². The Bertz CT molecular complexity index is 1030. The van der Waals surface area contributed by atoms with Crippen LogP contribution in [0, 0.1) is 11.8 Å². The number of amides is 3. The average molecular weight is 435 g/mol. The number of pyridine rings is 1. The maximum absolute atomic E-state index is 13.1. The van der Waals surface area contributed by atoms with Crippen LogP contribution in [0.5, 0.6) is 0 Å². The van der Waals surface area contributed by atoms with E-state index in [1.807, 2.05) is 0 Å². The van der Waals surface area contributed by atoms with Crippen LogP contribution in [0.1, 0.15) is 63.7 Å². The Morgan fingerprint density at radius 1 is 1.09 bits per heavy atom. The van der Waals surface area contributed by atoms with Crippen LogP contribution < -0.4 is 5.32 Å². The number of imide groups is 1. The zero-order valence-electron chi connectivity index (χ0n) is 17.9. The van der Waals surface area contributed by atoms with E-state index in [4.69, 9.17) is 4.74 Å². The quantitative estimate of drug-likeness (QED) is 0.551. The maximum Gasteiger partial charge on any atom is 0.338 e. The largest absolute Gasteiger partial charge is 0.462 e. The molecule has 32 heavy (non-hydrogen) atoms. The average Bonchev–Trinajstić information content (AvgIpc) is 3.05. The number of hydrogen-bond donors (Lipinski definition) is 1. The van der Waals surface area contributed by atoms with Gasteiger partial charge in [-0.05, 0) is 49.9 Å². The van der Waals surface area contributed by atoms with Crippen LogP contribution in [0.3, 0.4) is 0 Å². The molecule has 1 N–H and O–H groups in total. The number of aromatic nitrogens is 1. The number of nitrogens with one attached hydrogen (secondary N) is 1. The van der Waals surface area contributed by atoms with Gasteiger partial charge in [0.25, 0.3) is 11.8 Å². The molecule has 0 spiro atoms. The van der Waals surface area contributed by atoms with E-state index < -0.39 is 5.97 Å². The first-order valence-corrected chi connectivity index (χ1v) is 10.9. The molecule has 2 unspecified atom stereocenters. The minimum Gasteiger partial charge on any atom is -0.462 e. The Labute approximate surface area is 186 Å². The summed E-state index contributed by atoms with van der Waals surface area (Å²) in [5, 5.41) is 2.80. The van der Waals surface area contributed by atoms with Gasteiger partial charge in [-0.1, -0.05) is 25.0 Å². The van der Waals surface area contributed by atoms with Crippen molar-refractivity contribution in [2.45, 2.75) is 32.6 Å². The van der Waals surface area contributed by atoms with Crippen LogP contribution >= 0.6 is 0 Å². The fourth-order valence-electron chi connectivity index (χ4n) is 4.47. The predicted molar refractivity (Wildman–Crippen MR) is 116 cm³/mol. The minimum atomic E-state index is -0.480. The number of benzene rings is 1. The zero-order valence-corrected chi connectivity index (χ0v) is 17.9. The Morgan fingerprint density at radius 3 is 2.47 bits per heavy atom. The van der Waals surface area contributed by atoms with Crippen molar-refractivity contribution in [2.75, 3.05) is 18.5 Å². The zero-order chi connectivity index (χ0) is 22.7. The molecule has 3 amide bonds. The number of esters is 1. The molecule has 2 aliphatic rings. The lowest BCUT2D eigenvalue weighted by molar-refractivity contribution is -0.122. The summed E-state index contributed by atoms with van der Waals surface area (Å²) in [5.41, 5.74) is 1.13. The van der Waals surface area contributed by atoms with E-state index in [0.717, 1.165) is 19.3 Å². The van der Waals surface area contributed by atoms with Gasteiger partial charge in [0.05, 0.1) is 23.3 Å². The summed E-state index contributed by atoms with van der Waals surface area (Å²) in [5.74, 6) is -1.55. The van der Waals surface area contributed by atoms with Gasteiger partial charge in [-0.15, -0.1) is 0 Å². The molecular weight excluding hydrogens is 410 g/mol. The lowest BCUT2D eigenvalue weighted by atomic mass is 9.78. The lowest BCUT2D eigenvalue weighted by Crippen LogP contribution is -2.41. The summed E-state index contributed by atoms with van der Waals surface area (Å²) in [4.78, 5) is 55.9. The number of carbonyl (C=O) groups excluding carboxylic acids is 4. The standard InChI is InChI=1S/C24H25N3O5/c1-2-32-24(31)15-11-12-25-20(13-15)26-21(28)17-8-4-3-7-16(17)14-27-22(29)18-9-5-6-10-19(18)23(27)30/h5-6,9-13,16-17H,2-4,7-8,14H2,1H3,(H,25,26,28). The van der Waals surface area contributed by atoms with Gasteiger partial charge in [0.2, 0.25) is 5.91 Å². The van der Waals surface area contributed by atoms with Gasteiger partial charge in [0.1, 0.15) is 5.82 Å². The topological polar surface area (TPSA) is 106 Å². The SMILES string of the molecule is CCOC(=O)c1ccnc(NC(=O)C2CCCCC2CN2C(=O)c3ccccc3C2=O)c1. The molecule has 1 aromatic heterocycles. The van der Waals surface area contributed by atoms with Crippen LogP contribution in [0.4, 0.5) is 5.82 Å². The Morgan fingerprint density at radius 2 is 1.78 bits per heavy atom. The van der Waals surface area contributed by atoms with Crippen molar-refractivity contribution in [3.63, 3.8) is 0 Å². The fraction of sp³-hybridized carbons (Fsp3) is 0.375. The third kappa shape index (κ3) is 4.26. The number of anilines is 1. The Balaban J connectivity index is 1.47. The molecule has 1 aromatic carbocycles. The number of nitrogens with zero attached hydrogens (tertiary/aromatic N) is 2. The van der Waals surface area contributed by atoms with Gasteiger partial charge >= 0.3 is 5.97 Å². The lowest BCUT2D eigenvalue weighted by Gasteiger charge is -2.32. The monoisotopic (exact) mass is 435 g/mol. The summed E-state index contributed by atoms with van der Waals surface area (Å²) in [6, 6.07) is 9.80. The first-order chi connectivity index (χ1) is 15.5. The van der Waals surface area contributed by atoms with Gasteiger partial charge in [0.15, 0.2) is 0 Å². The molecule has 8 nitrogen and oxygen atoms in total. The first-order valence-electron chi connectivity index (χ1n) is 10.9. The molecule has 1 saturated carbocycles. The summed E-state index contributed by atoms with van der Waals surface area (Å²) < 4.78 is 4.99. The highest BCUT2D eigenvalue weighted by Gasteiger charge is 2.40.